The van der Waals surface area contributed by atoms with Gasteiger partial charge in [-0.15, -0.1) is 0 Å². The number of hydrogen-bond donors (Lipinski definition) is 1. The Hall–Kier alpha value is -0.610. The molecular weight excluding hydrogens is 240 g/mol. The van der Waals surface area contributed by atoms with Gasteiger partial charge in [0.05, 0.1) is 0 Å². The maximum atomic E-state index is 12.4. The molecule has 19 heavy (non-hydrogen) atoms. The minimum atomic E-state index is 0.260. The SMILES string of the molecule is C[C@@H]1CCCN(C(=O)CCC2CCOCC2)[C@H]1CN. The molecule has 0 aliphatic carbocycles. The standard InChI is InChI=1S/C15H28N2O2/c1-12-3-2-8-17(14(12)11-16)15(18)5-4-13-6-9-19-10-7-13/h12-14H,2-11,16H2,1H3/t12-,14+/m1/s1. The number of likely N-dealkylation sites (tertiary alicyclic amines) is 1. The van der Waals surface area contributed by atoms with Crippen molar-refractivity contribution in [1.29, 1.82) is 0 Å². The van der Waals surface area contributed by atoms with Crippen molar-refractivity contribution < 1.29 is 9.53 Å². The van der Waals surface area contributed by atoms with Crippen LogP contribution < -0.4 is 5.73 Å². The van der Waals surface area contributed by atoms with E-state index < -0.39 is 0 Å². The van der Waals surface area contributed by atoms with Gasteiger partial charge in [-0.3, -0.25) is 4.79 Å². The monoisotopic (exact) mass is 268 g/mol. The van der Waals surface area contributed by atoms with Crippen molar-refractivity contribution in [3.05, 3.63) is 0 Å². The summed E-state index contributed by atoms with van der Waals surface area (Å²) in [6.07, 6.45) is 6.26. The summed E-state index contributed by atoms with van der Waals surface area (Å²) in [5, 5.41) is 0. The third kappa shape index (κ3) is 3.93. The van der Waals surface area contributed by atoms with Crippen LogP contribution >= 0.6 is 0 Å². The predicted molar refractivity (Wildman–Crippen MR) is 75.7 cm³/mol. The number of hydrogen-bond acceptors (Lipinski definition) is 3. The first-order valence-corrected chi connectivity index (χ1v) is 7.79. The summed E-state index contributed by atoms with van der Waals surface area (Å²) in [6, 6.07) is 0.260. The zero-order valence-corrected chi connectivity index (χ0v) is 12.1. The lowest BCUT2D eigenvalue weighted by atomic mass is 9.89. The average molecular weight is 268 g/mol. The number of nitrogens with zero attached hydrogens (tertiary/aromatic N) is 1. The Kier molecular flexibility index (Phi) is 5.64. The van der Waals surface area contributed by atoms with E-state index in [1.54, 1.807) is 0 Å². The maximum Gasteiger partial charge on any atom is 0.222 e. The van der Waals surface area contributed by atoms with Crippen LogP contribution in [-0.4, -0.2) is 43.2 Å². The van der Waals surface area contributed by atoms with Crippen molar-refractivity contribution >= 4 is 5.91 Å². The van der Waals surface area contributed by atoms with Crippen molar-refractivity contribution in [1.82, 2.24) is 4.90 Å². The van der Waals surface area contributed by atoms with Gasteiger partial charge in [0, 0.05) is 38.8 Å². The number of rotatable bonds is 4. The van der Waals surface area contributed by atoms with Crippen LogP contribution in [-0.2, 0) is 9.53 Å². The fourth-order valence-corrected chi connectivity index (χ4v) is 3.42. The van der Waals surface area contributed by atoms with Gasteiger partial charge in [0.25, 0.3) is 0 Å². The molecule has 2 N–H and O–H groups in total. The van der Waals surface area contributed by atoms with Crippen molar-refractivity contribution in [2.75, 3.05) is 26.3 Å². The van der Waals surface area contributed by atoms with E-state index in [0.29, 0.717) is 30.7 Å². The second-order valence-corrected chi connectivity index (χ2v) is 6.10. The van der Waals surface area contributed by atoms with E-state index in [4.69, 9.17) is 10.5 Å². The van der Waals surface area contributed by atoms with Crippen LogP contribution in [0.3, 0.4) is 0 Å². The summed E-state index contributed by atoms with van der Waals surface area (Å²) in [5.74, 6) is 1.54. The van der Waals surface area contributed by atoms with Crippen LogP contribution in [0.4, 0.5) is 0 Å². The minimum Gasteiger partial charge on any atom is -0.381 e. The van der Waals surface area contributed by atoms with Crippen molar-refractivity contribution in [2.45, 2.75) is 51.5 Å². The molecule has 2 fully saturated rings. The van der Waals surface area contributed by atoms with Crippen molar-refractivity contribution in [3.8, 4) is 0 Å². The van der Waals surface area contributed by atoms with Gasteiger partial charge in [-0.1, -0.05) is 6.92 Å². The second-order valence-electron chi connectivity index (χ2n) is 6.10. The molecule has 4 nitrogen and oxygen atoms in total. The number of ether oxygens (including phenoxy) is 1. The Morgan fingerprint density at radius 3 is 2.74 bits per heavy atom. The second kappa shape index (κ2) is 7.25. The molecule has 2 aliphatic heterocycles. The van der Waals surface area contributed by atoms with Gasteiger partial charge in [0.1, 0.15) is 0 Å². The molecule has 0 aromatic carbocycles. The topological polar surface area (TPSA) is 55.6 Å². The van der Waals surface area contributed by atoms with Crippen LogP contribution in [0.5, 0.6) is 0 Å². The first-order chi connectivity index (χ1) is 9.22. The Morgan fingerprint density at radius 1 is 1.32 bits per heavy atom. The number of piperidine rings is 1. The van der Waals surface area contributed by atoms with Gasteiger partial charge in [-0.25, -0.2) is 0 Å². The summed E-state index contributed by atoms with van der Waals surface area (Å²) in [4.78, 5) is 14.4. The molecule has 0 unspecified atom stereocenters. The molecule has 2 saturated heterocycles. The summed E-state index contributed by atoms with van der Waals surface area (Å²) >= 11 is 0. The Bertz CT molecular complexity index is 290. The molecule has 0 aromatic rings. The van der Waals surface area contributed by atoms with E-state index in [0.717, 1.165) is 45.4 Å². The van der Waals surface area contributed by atoms with Crippen LogP contribution in [0, 0.1) is 11.8 Å². The van der Waals surface area contributed by atoms with Gasteiger partial charge >= 0.3 is 0 Å². The third-order valence-electron chi connectivity index (χ3n) is 4.78. The van der Waals surface area contributed by atoms with E-state index in [9.17, 15) is 4.79 Å². The normalized spacial score (nSPS) is 29.5. The summed E-state index contributed by atoms with van der Waals surface area (Å²) in [5.41, 5.74) is 5.85. The van der Waals surface area contributed by atoms with Gasteiger partial charge in [-0.2, -0.15) is 0 Å². The molecule has 0 radical (unpaired) electrons. The Labute approximate surface area is 116 Å². The molecule has 2 rings (SSSR count). The molecule has 0 saturated carbocycles. The average Bonchev–Trinajstić information content (AvgIpc) is 2.45. The highest BCUT2D eigenvalue weighted by Crippen LogP contribution is 2.25. The Balaban J connectivity index is 1.80. The van der Waals surface area contributed by atoms with Crippen molar-refractivity contribution in [3.63, 3.8) is 0 Å². The van der Waals surface area contributed by atoms with E-state index in [2.05, 4.69) is 6.92 Å². The minimum absolute atomic E-state index is 0.260. The number of carbonyl (C=O) groups is 1. The predicted octanol–water partition coefficient (Wildman–Crippen LogP) is 1.78. The van der Waals surface area contributed by atoms with Crippen LogP contribution in [0.1, 0.15) is 45.4 Å². The number of carbonyl (C=O) groups excluding carboxylic acids is 1. The molecule has 2 aliphatic rings. The fraction of sp³-hybridized carbons (Fsp3) is 0.933. The largest absolute Gasteiger partial charge is 0.381 e. The zero-order chi connectivity index (χ0) is 13.7. The molecule has 0 bridgehead atoms. The fourth-order valence-electron chi connectivity index (χ4n) is 3.42. The first-order valence-electron chi connectivity index (χ1n) is 7.79. The highest BCUT2D eigenvalue weighted by Gasteiger charge is 2.30. The number of nitrogens with two attached hydrogens (primary N) is 1. The van der Waals surface area contributed by atoms with E-state index in [1.165, 1.54) is 6.42 Å². The van der Waals surface area contributed by atoms with Gasteiger partial charge < -0.3 is 15.4 Å². The van der Waals surface area contributed by atoms with Crippen LogP contribution in [0.2, 0.25) is 0 Å². The lowest BCUT2D eigenvalue weighted by molar-refractivity contribution is -0.136. The number of amides is 1. The molecular formula is C15H28N2O2. The summed E-state index contributed by atoms with van der Waals surface area (Å²) in [7, 11) is 0. The van der Waals surface area contributed by atoms with E-state index in [1.807, 2.05) is 4.90 Å². The third-order valence-corrected chi connectivity index (χ3v) is 4.78. The van der Waals surface area contributed by atoms with E-state index >= 15 is 0 Å². The van der Waals surface area contributed by atoms with Gasteiger partial charge in [0.15, 0.2) is 0 Å². The summed E-state index contributed by atoms with van der Waals surface area (Å²) in [6.45, 7) is 5.45. The molecule has 110 valence electrons. The Morgan fingerprint density at radius 2 is 2.05 bits per heavy atom. The molecule has 1 amide bonds. The van der Waals surface area contributed by atoms with Crippen LogP contribution in [0.25, 0.3) is 0 Å². The van der Waals surface area contributed by atoms with Crippen molar-refractivity contribution in [2.24, 2.45) is 17.6 Å². The molecule has 4 heteroatoms. The highest BCUT2D eigenvalue weighted by molar-refractivity contribution is 5.76. The van der Waals surface area contributed by atoms with Gasteiger partial charge in [0.2, 0.25) is 5.91 Å². The lowest BCUT2D eigenvalue weighted by Crippen LogP contribution is -2.51. The maximum absolute atomic E-state index is 12.4. The van der Waals surface area contributed by atoms with E-state index in [-0.39, 0.29) is 6.04 Å². The quantitative estimate of drug-likeness (QED) is 0.845. The molecule has 0 spiro atoms. The molecule has 2 heterocycles. The molecule has 0 aromatic heterocycles. The highest BCUT2D eigenvalue weighted by atomic mass is 16.5. The van der Waals surface area contributed by atoms with Gasteiger partial charge in [-0.05, 0) is 43.9 Å². The lowest BCUT2D eigenvalue weighted by Gasteiger charge is -2.39. The smallest absolute Gasteiger partial charge is 0.222 e. The molecule has 2 atom stereocenters. The van der Waals surface area contributed by atoms with Crippen LogP contribution in [0.15, 0.2) is 0 Å². The zero-order valence-electron chi connectivity index (χ0n) is 12.1. The summed E-state index contributed by atoms with van der Waals surface area (Å²) < 4.78 is 5.36. The first kappa shape index (κ1) is 14.8.